The molecule has 2 heterocycles. The number of hydrogen-bond acceptors (Lipinski definition) is 24. The number of nitrogens with zero attached hydrogens (tertiary/aromatic N) is 4. The van der Waals surface area contributed by atoms with E-state index in [-0.39, 0.29) is 50.9 Å². The second kappa shape index (κ2) is 42.6. The van der Waals surface area contributed by atoms with Gasteiger partial charge in [0.1, 0.15) is 55.0 Å². The van der Waals surface area contributed by atoms with E-state index in [0.717, 1.165) is 45.7 Å². The van der Waals surface area contributed by atoms with Crippen LogP contribution in [-0.2, 0) is 109 Å². The number of primary amides is 1. The number of aliphatic hydroxyl groups excluding tert-OH is 1. The normalized spacial score (nSPS) is 21.9. The first kappa shape index (κ1) is 90.5. The molecule has 13 amide bonds. The van der Waals surface area contributed by atoms with Gasteiger partial charge in [-0.3, -0.25) is 62.5 Å². The maximum absolute atomic E-state index is 15.5. The minimum absolute atomic E-state index is 0.0268. The quantitative estimate of drug-likeness (QED) is 0.0171. The molecule has 14 atom stereocenters. The van der Waals surface area contributed by atoms with Gasteiger partial charge in [-0.05, 0) is 88.6 Å². The van der Waals surface area contributed by atoms with Crippen LogP contribution in [0.2, 0.25) is 0 Å². The number of likely N-dealkylation sites (N-methyl/N-ethyl adjacent to an activating group) is 3. The van der Waals surface area contributed by atoms with Crippen molar-refractivity contribution in [3.63, 3.8) is 0 Å². The first-order valence-electron chi connectivity index (χ1n) is 35.5. The summed E-state index contributed by atoms with van der Waals surface area (Å²) >= 11 is 0. The number of rotatable bonds is 29. The van der Waals surface area contributed by atoms with Crippen LogP contribution in [0.4, 0.5) is 15.3 Å². The standard InChI is InChI=1S/C73H105N13O23/c1-18-51(88)80-58(61(39(6)7)109-73(103)105-36-47-26-28-48(29-27-47)78-64(94)49(25-22-33-75-72(74)102)79-65(95)55(37(2)3)81-52(89)32-34-86-53(90)30-31-54(86)91)70(100)108-60(38(4)5)57-68(98)85(16)59(44(12)104-17)71(101)106-43(11)56(77-45(13)87)69(99)107-50(35-46-23-20-19-21-24-46)67(97)84(15)41(9)62(92)76-40(8)66(96)83(14)42(10)63(93)82-57/h19-21,23-24,26-31,37-40,42-44,49-50,55-61,66,96H,9,18,22,25,32-36H2,1-8,10-17H3,(H,76,92)(H,77,87)(H,78,94)(H,79,95)(H,80,88)(H,81,89)(H,82,93)(H3,74,75,102)/t40-,42-,43+,44+,49-,50+,55-,56-,57-,58-,59-,60+,61+,66?/m0/s1. The van der Waals surface area contributed by atoms with Crippen LogP contribution < -0.4 is 48.3 Å². The Hall–Kier alpha value is -10.9. The topological polar surface area (TPSA) is 484 Å². The Morgan fingerprint density at radius 2 is 1.34 bits per heavy atom. The first-order chi connectivity index (χ1) is 51.1. The lowest BCUT2D eigenvalue weighted by Crippen LogP contribution is -2.64. The second-order valence-corrected chi connectivity index (χ2v) is 27.4. The lowest BCUT2D eigenvalue weighted by Gasteiger charge is -2.39. The van der Waals surface area contributed by atoms with Gasteiger partial charge in [0.05, 0.1) is 18.2 Å². The number of carbonyl (C=O) groups is 16. The SMILES string of the molecule is C=C1C(=O)N[C@@H](C)C(O)N(C)[C@@H](C)C(=O)N[C@@H]([C@H](OC(=O)[C@@H](NC(=O)CC)[C@H](OC(=O)OCc2ccc(NC(=O)[C@H](CCCNC(N)=O)NC(=O)[C@@H](NC(=O)CCN3C(=O)C=CC3=O)C(C)C)cc2)C(C)C)C(C)C)C(=O)N(C)[C@@H]([C@@H](C)OC)C(=O)O[C@H](C)[C@H](NC(C)=O)C(=O)O[C@H](Cc2ccccc2)C(=O)N1C. The van der Waals surface area contributed by atoms with Gasteiger partial charge in [-0.2, -0.15) is 0 Å². The van der Waals surface area contributed by atoms with E-state index in [1.54, 1.807) is 44.2 Å². The molecule has 2 aromatic rings. The van der Waals surface area contributed by atoms with E-state index < -0.39 is 210 Å². The van der Waals surface area contributed by atoms with E-state index in [9.17, 15) is 72.2 Å². The van der Waals surface area contributed by atoms with E-state index in [1.165, 1.54) is 108 Å². The molecule has 2 aliphatic rings. The fourth-order valence-electron chi connectivity index (χ4n) is 11.3. The molecule has 36 nitrogen and oxygen atoms in total. The molecule has 0 aromatic heterocycles. The number of aliphatic hydroxyl groups is 1. The van der Waals surface area contributed by atoms with Gasteiger partial charge in [0.15, 0.2) is 24.2 Å². The molecule has 109 heavy (non-hydrogen) atoms. The maximum atomic E-state index is 15.5. The van der Waals surface area contributed by atoms with Crippen molar-refractivity contribution < 1.29 is 110 Å². The molecule has 1 fully saturated rings. The van der Waals surface area contributed by atoms with Crippen LogP contribution in [-0.4, -0.2) is 246 Å². The lowest BCUT2D eigenvalue weighted by atomic mass is 9.95. The predicted octanol–water partition coefficient (Wildman–Crippen LogP) is 0.221. The van der Waals surface area contributed by atoms with Crippen LogP contribution in [0.5, 0.6) is 0 Å². The van der Waals surface area contributed by atoms with E-state index in [0.29, 0.717) is 11.1 Å². The van der Waals surface area contributed by atoms with Gasteiger partial charge in [0.2, 0.25) is 41.4 Å². The highest BCUT2D eigenvalue weighted by Gasteiger charge is 2.47. The van der Waals surface area contributed by atoms with E-state index in [1.807, 2.05) is 0 Å². The molecule has 0 spiro atoms. The molecule has 0 bridgehead atoms. The monoisotopic (exact) mass is 1530 g/mol. The maximum Gasteiger partial charge on any atom is 0.508 e. The third kappa shape index (κ3) is 26.8. The van der Waals surface area contributed by atoms with E-state index >= 15 is 9.59 Å². The summed E-state index contributed by atoms with van der Waals surface area (Å²) in [6, 6.07) is 0.674. The molecular formula is C73H105N13O23. The van der Waals surface area contributed by atoms with Crippen LogP contribution in [0.1, 0.15) is 120 Å². The number of nitrogens with two attached hydrogens (primary N) is 1. The number of ether oxygens (including phenoxy) is 6. The Morgan fingerprint density at radius 3 is 1.90 bits per heavy atom. The Balaban J connectivity index is 1.67. The Labute approximate surface area is 632 Å². The Kier molecular flexibility index (Phi) is 35.4. The number of nitrogens with one attached hydrogen (secondary N) is 8. The summed E-state index contributed by atoms with van der Waals surface area (Å²) in [5.41, 5.74) is 5.77. The highest BCUT2D eigenvalue weighted by atomic mass is 16.7. The predicted molar refractivity (Wildman–Crippen MR) is 389 cm³/mol. The molecule has 2 aliphatic heterocycles. The van der Waals surface area contributed by atoms with E-state index in [2.05, 4.69) is 49.1 Å². The molecule has 0 aliphatic carbocycles. The molecule has 36 heteroatoms. The summed E-state index contributed by atoms with van der Waals surface area (Å²) in [6.45, 7) is 20.3. The van der Waals surface area contributed by atoms with Crippen LogP contribution in [0, 0.1) is 17.8 Å². The Morgan fingerprint density at radius 1 is 0.725 bits per heavy atom. The molecule has 0 radical (unpaired) electrons. The first-order valence-corrected chi connectivity index (χ1v) is 35.5. The zero-order valence-electron chi connectivity index (χ0n) is 64.3. The lowest BCUT2D eigenvalue weighted by molar-refractivity contribution is -0.174. The average Bonchev–Trinajstić information content (AvgIpc) is 1.65. The molecule has 2 aromatic carbocycles. The largest absolute Gasteiger partial charge is 0.508 e. The molecular weight excluding hydrogens is 1430 g/mol. The van der Waals surface area contributed by atoms with Gasteiger partial charge in [0.25, 0.3) is 23.6 Å². The number of cyclic esters (lactones) is 2. The van der Waals surface area contributed by atoms with Gasteiger partial charge < -0.3 is 91.6 Å². The fraction of sp³-hybridized carbons (Fsp3) is 0.562. The molecule has 600 valence electrons. The third-order valence-electron chi connectivity index (χ3n) is 18.0. The fourth-order valence-corrected chi connectivity index (χ4v) is 11.3. The molecule has 0 saturated carbocycles. The van der Waals surface area contributed by atoms with Crippen molar-refractivity contribution in [3.05, 3.63) is 90.2 Å². The van der Waals surface area contributed by atoms with Gasteiger partial charge in [-0.1, -0.05) is 97.5 Å². The van der Waals surface area contributed by atoms with Crippen molar-refractivity contribution in [2.45, 2.75) is 207 Å². The number of esters is 3. The molecule has 11 N–H and O–H groups in total. The number of hydrogen-bond donors (Lipinski definition) is 10. The number of benzene rings is 2. The van der Waals surface area contributed by atoms with Crippen molar-refractivity contribution in [2.24, 2.45) is 23.5 Å². The average molecular weight is 1530 g/mol. The van der Waals surface area contributed by atoms with Crippen molar-refractivity contribution in [3.8, 4) is 0 Å². The highest BCUT2D eigenvalue weighted by Crippen LogP contribution is 2.25. The van der Waals surface area contributed by atoms with E-state index in [4.69, 9.17) is 34.2 Å². The summed E-state index contributed by atoms with van der Waals surface area (Å²) in [4.78, 5) is 222. The number of imide groups is 1. The van der Waals surface area contributed by atoms with Gasteiger partial charge in [-0.25, -0.2) is 24.0 Å². The zero-order valence-corrected chi connectivity index (χ0v) is 64.3. The van der Waals surface area contributed by atoms with Crippen LogP contribution in [0.25, 0.3) is 0 Å². The number of anilines is 1. The summed E-state index contributed by atoms with van der Waals surface area (Å²) in [7, 11) is 4.81. The van der Waals surface area contributed by atoms with Crippen molar-refractivity contribution in [1.82, 2.24) is 56.8 Å². The summed E-state index contributed by atoms with van der Waals surface area (Å²) < 4.78 is 34.7. The number of urea groups is 1. The van der Waals surface area contributed by atoms with Gasteiger partial charge in [-0.15, -0.1) is 0 Å². The number of carbonyl (C=O) groups excluding carboxylic acids is 16. The minimum atomic E-state index is -2.00. The van der Waals surface area contributed by atoms with Gasteiger partial charge in [0, 0.05) is 78.3 Å². The summed E-state index contributed by atoms with van der Waals surface area (Å²) in [5, 5.41) is 32.2. The Bertz CT molecular complexity index is 3630. The zero-order chi connectivity index (χ0) is 82.0. The molecule has 4 rings (SSSR count). The number of amides is 13. The van der Waals surface area contributed by atoms with Gasteiger partial charge >= 0.3 is 30.1 Å². The minimum Gasteiger partial charge on any atom is -0.458 e. The van der Waals surface area contributed by atoms with Crippen LogP contribution in [0.15, 0.2) is 79.0 Å². The summed E-state index contributed by atoms with van der Waals surface area (Å²) in [6.07, 6.45) is -9.61. The van der Waals surface area contributed by atoms with Crippen LogP contribution in [0.3, 0.4) is 0 Å². The van der Waals surface area contributed by atoms with Crippen molar-refractivity contribution in [2.75, 3.05) is 46.7 Å². The van der Waals surface area contributed by atoms with Crippen molar-refractivity contribution >= 4 is 101 Å². The second-order valence-electron chi connectivity index (χ2n) is 27.4. The highest BCUT2D eigenvalue weighted by molar-refractivity contribution is 6.13. The summed E-state index contributed by atoms with van der Waals surface area (Å²) in [5.74, 6) is -15.1. The van der Waals surface area contributed by atoms with Crippen LogP contribution >= 0.6 is 0 Å². The molecule has 1 saturated heterocycles. The smallest absolute Gasteiger partial charge is 0.458 e. The van der Waals surface area contributed by atoms with Crippen molar-refractivity contribution in [1.29, 1.82) is 0 Å². The molecule has 1 unspecified atom stereocenters. The number of methoxy groups -OCH3 is 1. The third-order valence-corrected chi connectivity index (χ3v) is 18.0.